The number of hydrogen-bond acceptors (Lipinski definition) is 3. The van der Waals surface area contributed by atoms with Gasteiger partial charge in [-0.15, -0.1) is 0 Å². The molecule has 1 heterocycles. The number of nitrogens with zero attached hydrogens (tertiary/aromatic N) is 1. The topological polar surface area (TPSA) is 41.6 Å². The van der Waals surface area contributed by atoms with Gasteiger partial charge in [0, 0.05) is 43.3 Å². The largest absolute Gasteiger partial charge is 0.385 e. The summed E-state index contributed by atoms with van der Waals surface area (Å²) in [4.78, 5) is 14.3. The SMILES string of the molecule is COCCCNC(=O)C1CCN(Cc2ccc(Cl)cc2F)CC1. The summed E-state index contributed by atoms with van der Waals surface area (Å²) < 4.78 is 18.8. The molecule has 1 saturated heterocycles. The van der Waals surface area contributed by atoms with Crippen molar-refractivity contribution in [2.75, 3.05) is 33.4 Å². The Morgan fingerprint density at radius 1 is 1.43 bits per heavy atom. The molecular weight excluding hydrogens is 319 g/mol. The molecule has 2 rings (SSSR count). The molecule has 23 heavy (non-hydrogen) atoms. The van der Waals surface area contributed by atoms with Crippen molar-refractivity contribution in [1.29, 1.82) is 0 Å². The van der Waals surface area contributed by atoms with E-state index in [-0.39, 0.29) is 17.6 Å². The van der Waals surface area contributed by atoms with Crippen molar-refractivity contribution in [3.63, 3.8) is 0 Å². The number of rotatable bonds is 7. The second-order valence-electron chi connectivity index (χ2n) is 5.92. The van der Waals surface area contributed by atoms with Gasteiger partial charge in [-0.3, -0.25) is 9.69 Å². The fourth-order valence-corrected chi connectivity index (χ4v) is 2.98. The van der Waals surface area contributed by atoms with E-state index in [4.69, 9.17) is 16.3 Å². The van der Waals surface area contributed by atoms with E-state index in [0.29, 0.717) is 30.3 Å². The van der Waals surface area contributed by atoms with Gasteiger partial charge >= 0.3 is 0 Å². The summed E-state index contributed by atoms with van der Waals surface area (Å²) in [7, 11) is 1.65. The van der Waals surface area contributed by atoms with Gasteiger partial charge in [-0.25, -0.2) is 4.39 Å². The molecule has 0 radical (unpaired) electrons. The molecule has 0 aromatic heterocycles. The zero-order valence-electron chi connectivity index (χ0n) is 13.5. The summed E-state index contributed by atoms with van der Waals surface area (Å²) in [6.45, 7) is 3.48. The number of ether oxygens (including phenoxy) is 1. The molecule has 1 N–H and O–H groups in total. The number of benzene rings is 1. The predicted molar refractivity (Wildman–Crippen MR) is 88.9 cm³/mol. The third kappa shape index (κ3) is 5.75. The van der Waals surface area contributed by atoms with Gasteiger partial charge in [0.25, 0.3) is 0 Å². The van der Waals surface area contributed by atoms with Crippen LogP contribution < -0.4 is 5.32 Å². The lowest BCUT2D eigenvalue weighted by Crippen LogP contribution is -2.40. The average molecular weight is 343 g/mol. The van der Waals surface area contributed by atoms with Crippen molar-refractivity contribution in [3.8, 4) is 0 Å². The predicted octanol–water partition coefficient (Wildman–Crippen LogP) is 2.84. The monoisotopic (exact) mass is 342 g/mol. The molecule has 0 aliphatic carbocycles. The molecule has 4 nitrogen and oxygen atoms in total. The van der Waals surface area contributed by atoms with Crippen molar-refractivity contribution in [2.24, 2.45) is 5.92 Å². The number of amides is 1. The lowest BCUT2D eigenvalue weighted by atomic mass is 9.95. The van der Waals surface area contributed by atoms with Crippen molar-refractivity contribution in [3.05, 3.63) is 34.6 Å². The number of halogens is 2. The highest BCUT2D eigenvalue weighted by atomic mass is 35.5. The standard InChI is InChI=1S/C17H24ClFN2O2/c1-23-10-2-7-20-17(22)13-5-8-21(9-6-13)12-14-3-4-15(18)11-16(14)19/h3-4,11,13H,2,5-10,12H2,1H3,(H,20,22). The summed E-state index contributed by atoms with van der Waals surface area (Å²) in [6.07, 6.45) is 2.45. The zero-order valence-corrected chi connectivity index (χ0v) is 14.2. The van der Waals surface area contributed by atoms with Crippen LogP contribution in [0.5, 0.6) is 0 Å². The van der Waals surface area contributed by atoms with Crippen LogP contribution in [0.2, 0.25) is 5.02 Å². The van der Waals surface area contributed by atoms with Gasteiger partial charge in [0.2, 0.25) is 5.91 Å². The van der Waals surface area contributed by atoms with Crippen molar-refractivity contribution in [1.82, 2.24) is 10.2 Å². The van der Waals surface area contributed by atoms with Crippen LogP contribution in [0.1, 0.15) is 24.8 Å². The zero-order chi connectivity index (χ0) is 16.7. The third-order valence-electron chi connectivity index (χ3n) is 4.19. The third-order valence-corrected chi connectivity index (χ3v) is 4.43. The van der Waals surface area contributed by atoms with E-state index in [1.807, 2.05) is 0 Å². The normalized spacial score (nSPS) is 16.5. The Kier molecular flexibility index (Phi) is 7.27. The van der Waals surface area contributed by atoms with E-state index in [0.717, 1.165) is 32.4 Å². The van der Waals surface area contributed by atoms with Crippen molar-refractivity contribution >= 4 is 17.5 Å². The molecule has 6 heteroatoms. The molecule has 1 aromatic rings. The molecule has 1 aliphatic heterocycles. The number of carbonyl (C=O) groups excluding carboxylic acids is 1. The summed E-state index contributed by atoms with van der Waals surface area (Å²) in [5, 5.41) is 3.37. The second-order valence-corrected chi connectivity index (χ2v) is 6.36. The highest BCUT2D eigenvalue weighted by Gasteiger charge is 2.25. The van der Waals surface area contributed by atoms with Crippen LogP contribution in [0.3, 0.4) is 0 Å². The van der Waals surface area contributed by atoms with Gasteiger partial charge in [0.1, 0.15) is 5.82 Å². The Morgan fingerprint density at radius 2 is 2.17 bits per heavy atom. The number of carbonyl (C=O) groups is 1. The van der Waals surface area contributed by atoms with Crippen LogP contribution in [0.4, 0.5) is 4.39 Å². The molecule has 1 amide bonds. The molecule has 128 valence electrons. The molecule has 1 aliphatic rings. The lowest BCUT2D eigenvalue weighted by Gasteiger charge is -2.31. The van der Waals surface area contributed by atoms with Crippen LogP contribution in [0, 0.1) is 11.7 Å². The molecule has 0 spiro atoms. The summed E-state index contributed by atoms with van der Waals surface area (Å²) >= 11 is 5.77. The fourth-order valence-electron chi connectivity index (χ4n) is 2.82. The van der Waals surface area contributed by atoms with E-state index in [9.17, 15) is 9.18 Å². The maximum atomic E-state index is 13.8. The number of hydrogen-bond donors (Lipinski definition) is 1. The van der Waals surface area contributed by atoms with E-state index in [1.165, 1.54) is 6.07 Å². The minimum Gasteiger partial charge on any atom is -0.385 e. The maximum Gasteiger partial charge on any atom is 0.223 e. The first-order valence-electron chi connectivity index (χ1n) is 8.03. The van der Waals surface area contributed by atoms with Gasteiger partial charge < -0.3 is 10.1 Å². The summed E-state index contributed by atoms with van der Waals surface area (Å²) in [5.41, 5.74) is 0.650. The minimum absolute atomic E-state index is 0.0591. The van der Waals surface area contributed by atoms with E-state index >= 15 is 0 Å². The first-order valence-corrected chi connectivity index (χ1v) is 8.41. The summed E-state index contributed by atoms with van der Waals surface area (Å²) in [6, 6.07) is 4.78. The highest BCUT2D eigenvalue weighted by molar-refractivity contribution is 6.30. The van der Waals surface area contributed by atoms with Crippen LogP contribution >= 0.6 is 11.6 Å². The van der Waals surface area contributed by atoms with E-state index < -0.39 is 0 Å². The van der Waals surface area contributed by atoms with Crippen LogP contribution in [0.25, 0.3) is 0 Å². The first kappa shape index (κ1) is 18.2. The number of likely N-dealkylation sites (tertiary alicyclic amines) is 1. The Balaban J connectivity index is 1.74. The molecule has 0 bridgehead atoms. The van der Waals surface area contributed by atoms with Crippen molar-refractivity contribution in [2.45, 2.75) is 25.8 Å². The van der Waals surface area contributed by atoms with E-state index in [1.54, 1.807) is 19.2 Å². The van der Waals surface area contributed by atoms with Gasteiger partial charge in [0.15, 0.2) is 0 Å². The lowest BCUT2D eigenvalue weighted by molar-refractivity contribution is -0.126. The van der Waals surface area contributed by atoms with Gasteiger partial charge in [-0.2, -0.15) is 0 Å². The number of methoxy groups -OCH3 is 1. The fraction of sp³-hybridized carbons (Fsp3) is 0.588. The van der Waals surface area contributed by atoms with Crippen LogP contribution in [0.15, 0.2) is 18.2 Å². The Bertz CT molecular complexity index is 519. The van der Waals surface area contributed by atoms with Gasteiger partial charge in [-0.1, -0.05) is 17.7 Å². The minimum atomic E-state index is -0.268. The van der Waals surface area contributed by atoms with Crippen LogP contribution in [-0.4, -0.2) is 44.2 Å². The average Bonchev–Trinajstić information content (AvgIpc) is 2.55. The summed E-state index contributed by atoms with van der Waals surface area (Å²) in [5.74, 6) is -0.0854. The molecule has 0 atom stereocenters. The Hall–Kier alpha value is -1.17. The Labute approximate surface area is 141 Å². The van der Waals surface area contributed by atoms with Gasteiger partial charge in [0.05, 0.1) is 0 Å². The van der Waals surface area contributed by atoms with E-state index in [2.05, 4.69) is 10.2 Å². The van der Waals surface area contributed by atoms with Gasteiger partial charge in [-0.05, 0) is 44.5 Å². The molecule has 0 saturated carbocycles. The molecular formula is C17H24ClFN2O2. The Morgan fingerprint density at radius 3 is 2.83 bits per heavy atom. The number of nitrogens with one attached hydrogen (secondary N) is 1. The maximum absolute atomic E-state index is 13.8. The highest BCUT2D eigenvalue weighted by Crippen LogP contribution is 2.21. The molecule has 0 unspecified atom stereocenters. The smallest absolute Gasteiger partial charge is 0.223 e. The molecule has 1 aromatic carbocycles. The van der Waals surface area contributed by atoms with Crippen molar-refractivity contribution < 1.29 is 13.9 Å². The number of piperidine rings is 1. The first-order chi connectivity index (χ1) is 11.1. The molecule has 1 fully saturated rings. The quantitative estimate of drug-likeness (QED) is 0.775. The second kappa shape index (κ2) is 9.21. The van der Waals surface area contributed by atoms with Crippen LogP contribution in [-0.2, 0) is 16.1 Å².